The van der Waals surface area contributed by atoms with Crippen LogP contribution in [-0.2, 0) is 0 Å². The van der Waals surface area contributed by atoms with E-state index in [0.717, 1.165) is 24.3 Å². The van der Waals surface area contributed by atoms with Gasteiger partial charge in [-0.3, -0.25) is 14.9 Å². The molecule has 3 aromatic rings. The van der Waals surface area contributed by atoms with Crippen molar-refractivity contribution in [1.29, 1.82) is 0 Å². The third-order valence-corrected chi connectivity index (χ3v) is 6.10. The van der Waals surface area contributed by atoms with Crippen LogP contribution in [0.5, 0.6) is 5.75 Å². The fraction of sp³-hybridized carbons (Fsp3) is 0.300. The molecule has 3 rings (SSSR count). The summed E-state index contributed by atoms with van der Waals surface area (Å²) in [4.78, 5) is 27.8. The number of carbonyl (C=O) groups is 2. The number of para-hydroxylation sites is 2. The number of unbranched alkanes of at least 4 members (excludes halogenated alkanes) is 4. The van der Waals surface area contributed by atoms with Crippen molar-refractivity contribution in [3.63, 3.8) is 0 Å². The Labute approximate surface area is 225 Å². The minimum absolute atomic E-state index is 0.111. The maximum absolute atomic E-state index is 13.3. The molecule has 0 saturated heterocycles. The lowest BCUT2D eigenvalue weighted by molar-refractivity contribution is 0.0974. The molecule has 0 saturated carbocycles. The number of carbonyl (C=O) groups excluding carboxylic acids is 2. The fourth-order valence-corrected chi connectivity index (χ4v) is 4.11. The van der Waals surface area contributed by atoms with Crippen molar-refractivity contribution in [1.82, 2.24) is 5.32 Å². The standard InChI is InChI=1S/C30H35N3O3S/c1-3-5-6-7-13-22-36-25-20-18-23(19-21-25)28(34)32-30(37)31-27-17-12-11-16-26(27)29(35)33(4-2)24-14-9-8-10-15-24/h8-12,14-21H,3-7,13,22H2,1-2H3,(H2,31,32,34,37). The number of thiocarbonyl (C=S) groups is 1. The molecule has 0 aliphatic rings. The summed E-state index contributed by atoms with van der Waals surface area (Å²) in [7, 11) is 0. The molecule has 2 amide bonds. The number of hydrogen-bond donors (Lipinski definition) is 2. The van der Waals surface area contributed by atoms with Gasteiger partial charge in [0, 0.05) is 17.8 Å². The van der Waals surface area contributed by atoms with Crippen molar-refractivity contribution in [2.24, 2.45) is 0 Å². The molecule has 7 heteroatoms. The molecular formula is C30H35N3O3S. The van der Waals surface area contributed by atoms with Gasteiger partial charge < -0.3 is 15.0 Å². The highest BCUT2D eigenvalue weighted by atomic mass is 32.1. The Hall–Kier alpha value is -3.71. The number of ether oxygens (including phenoxy) is 1. The van der Waals surface area contributed by atoms with E-state index < -0.39 is 0 Å². The van der Waals surface area contributed by atoms with Crippen LogP contribution in [0, 0.1) is 0 Å². The molecule has 0 radical (unpaired) electrons. The molecule has 3 aromatic carbocycles. The lowest BCUT2D eigenvalue weighted by atomic mass is 10.1. The summed E-state index contributed by atoms with van der Waals surface area (Å²) >= 11 is 5.38. The average Bonchev–Trinajstić information content (AvgIpc) is 2.92. The lowest BCUT2D eigenvalue weighted by Gasteiger charge is -2.23. The number of amides is 2. The van der Waals surface area contributed by atoms with Gasteiger partial charge in [-0.25, -0.2) is 0 Å². The van der Waals surface area contributed by atoms with E-state index in [-0.39, 0.29) is 16.9 Å². The largest absolute Gasteiger partial charge is 0.494 e. The molecule has 0 bridgehead atoms. The molecule has 0 atom stereocenters. The van der Waals surface area contributed by atoms with Gasteiger partial charge >= 0.3 is 0 Å². The van der Waals surface area contributed by atoms with Gasteiger partial charge in [0.15, 0.2) is 5.11 Å². The minimum atomic E-state index is -0.341. The van der Waals surface area contributed by atoms with E-state index in [1.807, 2.05) is 43.3 Å². The SMILES string of the molecule is CCCCCCCOc1ccc(C(=O)NC(=S)Nc2ccccc2C(=O)N(CC)c2ccccc2)cc1. The van der Waals surface area contributed by atoms with E-state index in [2.05, 4.69) is 17.6 Å². The first-order chi connectivity index (χ1) is 18.0. The second-order valence-electron chi connectivity index (χ2n) is 8.63. The first-order valence-corrected chi connectivity index (χ1v) is 13.3. The van der Waals surface area contributed by atoms with Gasteiger partial charge in [0.25, 0.3) is 11.8 Å². The summed E-state index contributed by atoms with van der Waals surface area (Å²) in [5.74, 6) is 0.234. The van der Waals surface area contributed by atoms with Crippen LogP contribution in [0.25, 0.3) is 0 Å². The number of benzene rings is 3. The van der Waals surface area contributed by atoms with Crippen LogP contribution in [0.4, 0.5) is 11.4 Å². The maximum atomic E-state index is 13.3. The van der Waals surface area contributed by atoms with Crippen molar-refractivity contribution in [3.8, 4) is 5.75 Å². The molecule has 194 valence electrons. The molecular weight excluding hydrogens is 482 g/mol. The Morgan fingerprint density at radius 1 is 0.838 bits per heavy atom. The molecule has 0 aromatic heterocycles. The molecule has 6 nitrogen and oxygen atoms in total. The number of anilines is 2. The topological polar surface area (TPSA) is 70.7 Å². The van der Waals surface area contributed by atoms with Crippen LogP contribution in [0.2, 0.25) is 0 Å². The molecule has 0 spiro atoms. The van der Waals surface area contributed by atoms with Gasteiger partial charge in [0.1, 0.15) is 5.75 Å². The van der Waals surface area contributed by atoms with Crippen LogP contribution in [-0.4, -0.2) is 30.1 Å². The van der Waals surface area contributed by atoms with Crippen molar-refractivity contribution in [3.05, 3.63) is 90.0 Å². The second kappa shape index (κ2) is 14.8. The Morgan fingerprint density at radius 3 is 2.22 bits per heavy atom. The summed E-state index contributed by atoms with van der Waals surface area (Å²) in [5.41, 5.74) is 2.26. The molecule has 0 unspecified atom stereocenters. The third-order valence-electron chi connectivity index (χ3n) is 5.90. The van der Waals surface area contributed by atoms with Crippen molar-refractivity contribution < 1.29 is 14.3 Å². The van der Waals surface area contributed by atoms with Crippen molar-refractivity contribution in [2.75, 3.05) is 23.4 Å². The highest BCUT2D eigenvalue weighted by molar-refractivity contribution is 7.80. The van der Waals surface area contributed by atoms with E-state index in [4.69, 9.17) is 17.0 Å². The van der Waals surface area contributed by atoms with Gasteiger partial charge in [-0.15, -0.1) is 0 Å². The monoisotopic (exact) mass is 517 g/mol. The summed E-state index contributed by atoms with van der Waals surface area (Å²) < 4.78 is 5.77. The number of hydrogen-bond acceptors (Lipinski definition) is 4. The maximum Gasteiger partial charge on any atom is 0.260 e. The Balaban J connectivity index is 1.57. The van der Waals surface area contributed by atoms with E-state index in [9.17, 15) is 9.59 Å². The molecule has 0 fully saturated rings. The minimum Gasteiger partial charge on any atom is -0.494 e. The molecule has 0 aliphatic heterocycles. The Kier molecular flexibility index (Phi) is 11.1. The van der Waals surface area contributed by atoms with E-state index in [0.29, 0.717) is 30.0 Å². The first-order valence-electron chi connectivity index (χ1n) is 12.8. The van der Waals surface area contributed by atoms with E-state index in [1.54, 1.807) is 47.4 Å². The summed E-state index contributed by atoms with van der Waals surface area (Å²) in [6, 6.07) is 23.6. The van der Waals surface area contributed by atoms with Crippen LogP contribution in [0.1, 0.15) is 66.7 Å². The van der Waals surface area contributed by atoms with Crippen molar-refractivity contribution in [2.45, 2.75) is 46.0 Å². The fourth-order valence-electron chi connectivity index (χ4n) is 3.90. The second-order valence-corrected chi connectivity index (χ2v) is 9.03. The van der Waals surface area contributed by atoms with Gasteiger partial charge in [-0.1, -0.05) is 62.9 Å². The third kappa shape index (κ3) is 8.43. The first kappa shape index (κ1) is 27.9. The zero-order valence-corrected chi connectivity index (χ0v) is 22.4. The van der Waals surface area contributed by atoms with Crippen LogP contribution < -0.4 is 20.3 Å². The average molecular weight is 518 g/mol. The molecule has 2 N–H and O–H groups in total. The molecule has 37 heavy (non-hydrogen) atoms. The highest BCUT2D eigenvalue weighted by Crippen LogP contribution is 2.22. The zero-order chi connectivity index (χ0) is 26.5. The quantitative estimate of drug-likeness (QED) is 0.204. The van der Waals surface area contributed by atoms with Crippen LogP contribution in [0.3, 0.4) is 0 Å². The predicted octanol–water partition coefficient (Wildman–Crippen LogP) is 6.83. The van der Waals surface area contributed by atoms with Gasteiger partial charge in [0.2, 0.25) is 0 Å². The number of nitrogens with one attached hydrogen (secondary N) is 2. The molecule has 0 aliphatic carbocycles. The van der Waals surface area contributed by atoms with Crippen molar-refractivity contribution >= 4 is 40.5 Å². The summed E-state index contributed by atoms with van der Waals surface area (Å²) in [6.45, 7) is 5.30. The normalized spacial score (nSPS) is 10.4. The van der Waals surface area contributed by atoms with Gasteiger partial charge in [-0.05, 0) is 74.1 Å². The number of rotatable bonds is 12. The van der Waals surface area contributed by atoms with E-state index >= 15 is 0 Å². The number of nitrogens with zero attached hydrogens (tertiary/aromatic N) is 1. The zero-order valence-electron chi connectivity index (χ0n) is 21.5. The van der Waals surface area contributed by atoms with Gasteiger partial charge in [0.05, 0.1) is 17.9 Å². The Morgan fingerprint density at radius 2 is 1.51 bits per heavy atom. The Bertz CT molecular complexity index is 1170. The summed E-state index contributed by atoms with van der Waals surface area (Å²) in [5, 5.41) is 5.81. The summed E-state index contributed by atoms with van der Waals surface area (Å²) in [6.07, 6.45) is 5.90. The molecule has 0 heterocycles. The lowest BCUT2D eigenvalue weighted by Crippen LogP contribution is -2.35. The van der Waals surface area contributed by atoms with Gasteiger partial charge in [-0.2, -0.15) is 0 Å². The van der Waals surface area contributed by atoms with E-state index in [1.165, 1.54) is 19.3 Å². The van der Waals surface area contributed by atoms with Crippen LogP contribution in [0.15, 0.2) is 78.9 Å². The smallest absolute Gasteiger partial charge is 0.260 e. The highest BCUT2D eigenvalue weighted by Gasteiger charge is 2.20. The predicted molar refractivity (Wildman–Crippen MR) is 155 cm³/mol. The van der Waals surface area contributed by atoms with Crippen LogP contribution >= 0.6 is 12.2 Å².